The van der Waals surface area contributed by atoms with E-state index < -0.39 is 0 Å². The van der Waals surface area contributed by atoms with Gasteiger partial charge in [0.25, 0.3) is 0 Å². The van der Waals surface area contributed by atoms with Gasteiger partial charge in [-0.2, -0.15) is 0 Å². The first kappa shape index (κ1) is 12.1. The van der Waals surface area contributed by atoms with Crippen LogP contribution in [0, 0.1) is 0 Å². The molecule has 3 rings (SSSR count). The lowest BCUT2D eigenvalue weighted by atomic mass is 10.1. The van der Waals surface area contributed by atoms with E-state index in [1.54, 1.807) is 11.3 Å². The molecule has 2 aromatic rings. The van der Waals surface area contributed by atoms with E-state index in [0.29, 0.717) is 12.1 Å². The molecule has 1 aliphatic heterocycles. The second-order valence-corrected chi connectivity index (χ2v) is 5.99. The fraction of sp³-hybridized carbons (Fsp3) is 0.615. The van der Waals surface area contributed by atoms with E-state index in [0.717, 1.165) is 24.6 Å². The second kappa shape index (κ2) is 4.99. The van der Waals surface area contributed by atoms with E-state index in [-0.39, 0.29) is 0 Å². The van der Waals surface area contributed by atoms with Crippen LogP contribution in [0.25, 0.3) is 4.96 Å². The topological polar surface area (TPSA) is 32.6 Å². The average molecular weight is 264 g/mol. The quantitative estimate of drug-likeness (QED) is 0.920. The molecular weight excluding hydrogens is 244 g/mol. The van der Waals surface area contributed by atoms with Gasteiger partial charge in [-0.15, -0.1) is 11.3 Å². The summed E-state index contributed by atoms with van der Waals surface area (Å²) in [6.45, 7) is 7.72. The molecule has 0 aliphatic carbocycles. The molecule has 18 heavy (non-hydrogen) atoms. The lowest BCUT2D eigenvalue weighted by molar-refractivity contribution is 0.130. The zero-order chi connectivity index (χ0) is 12.5. The summed E-state index contributed by atoms with van der Waals surface area (Å²) in [5.74, 6) is 0. The summed E-state index contributed by atoms with van der Waals surface area (Å²) < 4.78 is 2.12. The summed E-state index contributed by atoms with van der Waals surface area (Å²) in [5.41, 5.74) is 1.19. The van der Waals surface area contributed by atoms with Crippen LogP contribution in [0.15, 0.2) is 17.8 Å². The Balaban J connectivity index is 1.72. The molecule has 1 N–H and O–H groups in total. The molecule has 1 saturated heterocycles. The monoisotopic (exact) mass is 264 g/mol. The first-order valence-electron chi connectivity index (χ1n) is 6.64. The van der Waals surface area contributed by atoms with Gasteiger partial charge in [-0.05, 0) is 13.3 Å². The highest BCUT2D eigenvalue weighted by atomic mass is 32.1. The molecule has 0 amide bonds. The van der Waals surface area contributed by atoms with Crippen molar-refractivity contribution < 1.29 is 0 Å². The van der Waals surface area contributed by atoms with Crippen LogP contribution in [0.5, 0.6) is 0 Å². The number of fused-ring (bicyclic) bond motifs is 1. The van der Waals surface area contributed by atoms with Crippen molar-refractivity contribution in [2.45, 2.75) is 38.9 Å². The largest absolute Gasteiger partial charge is 0.311 e. The van der Waals surface area contributed by atoms with Gasteiger partial charge in [0.2, 0.25) is 0 Å². The van der Waals surface area contributed by atoms with Crippen molar-refractivity contribution >= 4 is 16.3 Å². The Kier molecular flexibility index (Phi) is 3.37. The lowest BCUT2D eigenvalue weighted by Gasteiger charge is -2.38. The number of nitrogens with zero attached hydrogens (tertiary/aromatic N) is 3. The fourth-order valence-corrected chi connectivity index (χ4v) is 3.27. The molecule has 2 unspecified atom stereocenters. The van der Waals surface area contributed by atoms with E-state index >= 15 is 0 Å². The van der Waals surface area contributed by atoms with E-state index in [9.17, 15) is 0 Å². The SMILES string of the molecule is CCC1CN(Cc2cn3ccsc3n2)C(C)CN1. The predicted octanol–water partition coefficient (Wildman–Crippen LogP) is 1.97. The van der Waals surface area contributed by atoms with Crippen molar-refractivity contribution in [1.82, 2.24) is 19.6 Å². The third-order valence-corrected chi connectivity index (χ3v) is 4.55. The number of imidazole rings is 1. The van der Waals surface area contributed by atoms with Crippen molar-refractivity contribution in [2.75, 3.05) is 13.1 Å². The van der Waals surface area contributed by atoms with Gasteiger partial charge in [-0.25, -0.2) is 4.98 Å². The first-order chi connectivity index (χ1) is 8.76. The summed E-state index contributed by atoms with van der Waals surface area (Å²) in [6, 6.07) is 1.22. The van der Waals surface area contributed by atoms with Gasteiger partial charge in [0.15, 0.2) is 4.96 Å². The minimum Gasteiger partial charge on any atom is -0.311 e. The standard InChI is InChI=1S/C13H20N4S/c1-3-11-7-17(10(2)6-14-11)9-12-8-16-4-5-18-13(16)15-12/h4-5,8,10-11,14H,3,6-7,9H2,1-2H3. The molecule has 4 nitrogen and oxygen atoms in total. The van der Waals surface area contributed by atoms with Crippen molar-refractivity contribution in [3.05, 3.63) is 23.5 Å². The highest BCUT2D eigenvalue weighted by molar-refractivity contribution is 7.15. The lowest BCUT2D eigenvalue weighted by Crippen LogP contribution is -2.54. The van der Waals surface area contributed by atoms with E-state index in [4.69, 9.17) is 0 Å². The number of hydrogen-bond acceptors (Lipinski definition) is 4. The third kappa shape index (κ3) is 2.30. The van der Waals surface area contributed by atoms with Crippen molar-refractivity contribution in [2.24, 2.45) is 0 Å². The van der Waals surface area contributed by atoms with Gasteiger partial charge in [0.05, 0.1) is 5.69 Å². The van der Waals surface area contributed by atoms with Gasteiger partial charge in [0.1, 0.15) is 0 Å². The molecule has 2 atom stereocenters. The van der Waals surface area contributed by atoms with Crippen molar-refractivity contribution in [3.63, 3.8) is 0 Å². The molecule has 0 spiro atoms. The maximum atomic E-state index is 4.67. The molecule has 1 fully saturated rings. The summed E-state index contributed by atoms with van der Waals surface area (Å²) in [4.78, 5) is 8.31. The van der Waals surface area contributed by atoms with Gasteiger partial charge >= 0.3 is 0 Å². The smallest absolute Gasteiger partial charge is 0.193 e. The molecule has 5 heteroatoms. The Hall–Kier alpha value is -0.910. The fourth-order valence-electron chi connectivity index (χ4n) is 2.55. The molecule has 0 bridgehead atoms. The predicted molar refractivity (Wildman–Crippen MR) is 75.0 cm³/mol. The highest BCUT2D eigenvalue weighted by Crippen LogP contribution is 2.16. The van der Waals surface area contributed by atoms with Gasteiger partial charge < -0.3 is 5.32 Å². The Morgan fingerprint density at radius 1 is 1.56 bits per heavy atom. The first-order valence-corrected chi connectivity index (χ1v) is 7.52. The normalized spacial score (nSPS) is 25.9. The van der Waals surface area contributed by atoms with Crippen LogP contribution >= 0.6 is 11.3 Å². The third-order valence-electron chi connectivity index (χ3n) is 3.78. The summed E-state index contributed by atoms with van der Waals surface area (Å²) >= 11 is 1.70. The molecular formula is C13H20N4S. The number of aromatic nitrogens is 2. The molecule has 0 saturated carbocycles. The zero-order valence-corrected chi connectivity index (χ0v) is 11.8. The number of hydrogen-bond donors (Lipinski definition) is 1. The summed E-state index contributed by atoms with van der Waals surface area (Å²) in [5, 5.41) is 5.67. The number of rotatable bonds is 3. The minimum atomic E-state index is 0.590. The van der Waals surface area contributed by atoms with E-state index in [2.05, 4.69) is 51.2 Å². The van der Waals surface area contributed by atoms with Crippen LogP contribution < -0.4 is 5.32 Å². The minimum absolute atomic E-state index is 0.590. The Labute approximate surface area is 112 Å². The van der Waals surface area contributed by atoms with Crippen molar-refractivity contribution in [3.8, 4) is 0 Å². The van der Waals surface area contributed by atoms with Crippen molar-refractivity contribution in [1.29, 1.82) is 0 Å². The zero-order valence-electron chi connectivity index (χ0n) is 11.0. The number of thiazole rings is 1. The van der Waals surface area contributed by atoms with E-state index in [1.807, 2.05) is 0 Å². The highest BCUT2D eigenvalue weighted by Gasteiger charge is 2.24. The molecule has 1 aliphatic rings. The summed E-state index contributed by atoms with van der Waals surface area (Å²) in [7, 11) is 0. The number of piperazine rings is 1. The maximum absolute atomic E-state index is 4.67. The van der Waals surface area contributed by atoms with Crippen LogP contribution in [-0.2, 0) is 6.54 Å². The van der Waals surface area contributed by atoms with Crippen LogP contribution in [0.3, 0.4) is 0 Å². The second-order valence-electron chi connectivity index (χ2n) is 5.12. The van der Waals surface area contributed by atoms with Crippen LogP contribution in [-0.4, -0.2) is 39.5 Å². The molecule has 0 radical (unpaired) electrons. The Morgan fingerprint density at radius 3 is 3.22 bits per heavy atom. The maximum Gasteiger partial charge on any atom is 0.193 e. The molecule has 2 aromatic heterocycles. The van der Waals surface area contributed by atoms with Crippen LogP contribution in [0.2, 0.25) is 0 Å². The van der Waals surface area contributed by atoms with Gasteiger partial charge in [-0.3, -0.25) is 9.30 Å². The Morgan fingerprint density at radius 2 is 2.44 bits per heavy atom. The molecule has 3 heterocycles. The van der Waals surface area contributed by atoms with Gasteiger partial charge in [0, 0.05) is 49.5 Å². The van der Waals surface area contributed by atoms with Crippen LogP contribution in [0.1, 0.15) is 26.0 Å². The van der Waals surface area contributed by atoms with E-state index in [1.165, 1.54) is 12.1 Å². The Bertz CT molecular complexity index is 489. The summed E-state index contributed by atoms with van der Waals surface area (Å²) in [6.07, 6.45) is 5.43. The number of nitrogens with one attached hydrogen (secondary N) is 1. The molecule has 0 aromatic carbocycles. The van der Waals surface area contributed by atoms with Crippen LogP contribution in [0.4, 0.5) is 0 Å². The average Bonchev–Trinajstić information content (AvgIpc) is 2.92. The van der Waals surface area contributed by atoms with Gasteiger partial charge in [-0.1, -0.05) is 6.92 Å². The molecule has 98 valence electrons.